The van der Waals surface area contributed by atoms with E-state index in [-0.39, 0.29) is 23.5 Å². The molecule has 0 unspecified atom stereocenters. The van der Waals surface area contributed by atoms with Crippen LogP contribution in [0.15, 0.2) is 47.4 Å². The molecule has 0 aliphatic heterocycles. The quantitative estimate of drug-likeness (QED) is 0.714. The Hall–Kier alpha value is -1.76. The Bertz CT molecular complexity index is 898. The average molecular weight is 416 g/mol. The van der Waals surface area contributed by atoms with Crippen molar-refractivity contribution in [3.05, 3.63) is 58.1 Å². The number of carbonyl (C=O) groups is 1. The van der Waals surface area contributed by atoms with E-state index in [1.165, 1.54) is 17.0 Å². The molecule has 1 atom stereocenters. The molecule has 140 valence electrons. The summed E-state index contributed by atoms with van der Waals surface area (Å²) < 4.78 is 28.5. The molecule has 0 aliphatic carbocycles. The van der Waals surface area contributed by atoms with E-state index >= 15 is 0 Å². The maximum absolute atomic E-state index is 12.4. The highest BCUT2D eigenvalue weighted by Gasteiger charge is 2.19. The number of sulfone groups is 1. The summed E-state index contributed by atoms with van der Waals surface area (Å²) in [5.41, 5.74) is 0.817. The smallest absolute Gasteiger partial charge is 0.260 e. The zero-order valence-electron chi connectivity index (χ0n) is 14.6. The van der Waals surface area contributed by atoms with Gasteiger partial charge in [-0.2, -0.15) is 0 Å². The number of benzene rings is 2. The third-order valence-electron chi connectivity index (χ3n) is 4.01. The first-order valence-electron chi connectivity index (χ1n) is 7.73. The Morgan fingerprint density at radius 3 is 2.31 bits per heavy atom. The fourth-order valence-corrected chi connectivity index (χ4v) is 3.36. The molecule has 2 rings (SSSR count). The first-order valence-corrected chi connectivity index (χ1v) is 10.4. The summed E-state index contributed by atoms with van der Waals surface area (Å²) in [6, 6.07) is 11.0. The van der Waals surface area contributed by atoms with Crippen LogP contribution in [-0.4, -0.2) is 39.1 Å². The van der Waals surface area contributed by atoms with Gasteiger partial charge in [-0.05, 0) is 42.8 Å². The van der Waals surface area contributed by atoms with Crippen LogP contribution in [0.25, 0.3) is 0 Å². The van der Waals surface area contributed by atoms with Gasteiger partial charge in [0.15, 0.2) is 16.4 Å². The standard InChI is InChI=1S/C18H19Cl2NO4S/c1-12(13-4-7-15(8-5-13)26(3,23)24)21(2)18(22)11-25-17-9-6-14(19)10-16(17)20/h4-10,12H,11H2,1-3H3/t12-/m0/s1. The first kappa shape index (κ1) is 20.6. The van der Waals surface area contributed by atoms with Crippen molar-refractivity contribution >= 4 is 38.9 Å². The highest BCUT2D eigenvalue weighted by molar-refractivity contribution is 7.90. The van der Waals surface area contributed by atoms with Crippen LogP contribution in [0.3, 0.4) is 0 Å². The highest BCUT2D eigenvalue weighted by Crippen LogP contribution is 2.28. The summed E-state index contributed by atoms with van der Waals surface area (Å²) in [5, 5.41) is 0.814. The van der Waals surface area contributed by atoms with Gasteiger partial charge in [-0.25, -0.2) is 8.42 Å². The van der Waals surface area contributed by atoms with Crippen molar-refractivity contribution in [3.8, 4) is 5.75 Å². The van der Waals surface area contributed by atoms with Crippen LogP contribution in [0.1, 0.15) is 18.5 Å². The number of hydrogen-bond acceptors (Lipinski definition) is 4. The SMILES string of the molecule is C[C@@H](c1ccc(S(C)(=O)=O)cc1)N(C)C(=O)COc1ccc(Cl)cc1Cl. The van der Waals surface area contributed by atoms with Crippen LogP contribution in [0.2, 0.25) is 10.0 Å². The third kappa shape index (κ3) is 5.13. The normalized spacial score (nSPS) is 12.5. The van der Waals surface area contributed by atoms with Gasteiger partial charge in [0.1, 0.15) is 5.75 Å². The summed E-state index contributed by atoms with van der Waals surface area (Å²) >= 11 is 11.8. The molecule has 5 nitrogen and oxygen atoms in total. The van der Waals surface area contributed by atoms with E-state index in [9.17, 15) is 13.2 Å². The maximum atomic E-state index is 12.4. The van der Waals surface area contributed by atoms with E-state index in [1.807, 2.05) is 6.92 Å². The average Bonchev–Trinajstić information content (AvgIpc) is 2.58. The van der Waals surface area contributed by atoms with E-state index in [4.69, 9.17) is 27.9 Å². The fourth-order valence-electron chi connectivity index (χ4n) is 2.27. The minimum absolute atomic E-state index is 0.177. The summed E-state index contributed by atoms with van der Waals surface area (Å²) in [7, 11) is -1.59. The van der Waals surface area contributed by atoms with Crippen molar-refractivity contribution in [2.75, 3.05) is 19.9 Å². The number of nitrogens with zero attached hydrogens (tertiary/aromatic N) is 1. The fraction of sp³-hybridized carbons (Fsp3) is 0.278. The minimum atomic E-state index is -3.25. The lowest BCUT2D eigenvalue weighted by molar-refractivity contribution is -0.134. The van der Waals surface area contributed by atoms with E-state index in [2.05, 4.69) is 0 Å². The zero-order chi connectivity index (χ0) is 19.5. The number of rotatable bonds is 6. The van der Waals surface area contributed by atoms with Gasteiger partial charge in [0.25, 0.3) is 5.91 Å². The molecule has 0 spiro atoms. The van der Waals surface area contributed by atoms with Crippen LogP contribution in [0, 0.1) is 0 Å². The van der Waals surface area contributed by atoms with Crippen LogP contribution in [0.4, 0.5) is 0 Å². The first-order chi connectivity index (χ1) is 12.1. The number of amides is 1. The van der Waals surface area contributed by atoms with Gasteiger partial charge < -0.3 is 9.64 Å². The summed E-state index contributed by atoms with van der Waals surface area (Å²) in [4.78, 5) is 14.1. The predicted molar refractivity (Wildman–Crippen MR) is 103 cm³/mol. The van der Waals surface area contributed by atoms with E-state index in [0.29, 0.717) is 15.8 Å². The largest absolute Gasteiger partial charge is 0.482 e. The Kier molecular flexibility index (Phi) is 6.55. The van der Waals surface area contributed by atoms with Crippen LogP contribution < -0.4 is 4.74 Å². The lowest BCUT2D eigenvalue weighted by Gasteiger charge is -2.25. The van der Waals surface area contributed by atoms with Gasteiger partial charge in [0.05, 0.1) is 16.0 Å². The Balaban J connectivity index is 2.02. The molecular formula is C18H19Cl2NO4S. The maximum Gasteiger partial charge on any atom is 0.260 e. The summed E-state index contributed by atoms with van der Waals surface area (Å²) in [6.45, 7) is 1.67. The number of ether oxygens (including phenoxy) is 1. The Morgan fingerprint density at radius 2 is 1.77 bits per heavy atom. The monoisotopic (exact) mass is 415 g/mol. The minimum Gasteiger partial charge on any atom is -0.482 e. The summed E-state index contributed by atoms with van der Waals surface area (Å²) in [5.74, 6) is 0.138. The van der Waals surface area contributed by atoms with Crippen molar-refractivity contribution in [1.82, 2.24) is 4.90 Å². The number of likely N-dealkylation sites (N-methyl/N-ethyl adjacent to an activating group) is 1. The molecule has 0 aromatic heterocycles. The van der Waals surface area contributed by atoms with E-state index in [1.54, 1.807) is 37.4 Å². The second-order valence-electron chi connectivity index (χ2n) is 5.89. The molecule has 2 aromatic rings. The summed E-state index contributed by atoms with van der Waals surface area (Å²) in [6.07, 6.45) is 1.15. The number of hydrogen-bond donors (Lipinski definition) is 0. The number of carbonyl (C=O) groups excluding carboxylic acids is 1. The highest BCUT2D eigenvalue weighted by atomic mass is 35.5. The molecule has 0 heterocycles. The van der Waals surface area contributed by atoms with Gasteiger partial charge in [0, 0.05) is 18.3 Å². The molecule has 0 N–H and O–H groups in total. The van der Waals surface area contributed by atoms with E-state index < -0.39 is 9.84 Å². The molecule has 0 aliphatic rings. The predicted octanol–water partition coefficient (Wildman–Crippen LogP) is 4.00. The van der Waals surface area contributed by atoms with Gasteiger partial charge in [0.2, 0.25) is 0 Å². The topological polar surface area (TPSA) is 63.7 Å². The van der Waals surface area contributed by atoms with Crippen molar-refractivity contribution in [2.45, 2.75) is 17.9 Å². The lowest BCUT2D eigenvalue weighted by Crippen LogP contribution is -2.33. The molecule has 26 heavy (non-hydrogen) atoms. The van der Waals surface area contributed by atoms with Crippen LogP contribution >= 0.6 is 23.2 Å². The molecule has 0 fully saturated rings. The Labute approximate surface area is 163 Å². The van der Waals surface area contributed by atoms with Crippen LogP contribution in [-0.2, 0) is 14.6 Å². The van der Waals surface area contributed by atoms with Crippen molar-refractivity contribution < 1.29 is 17.9 Å². The molecule has 0 saturated heterocycles. The van der Waals surface area contributed by atoms with Gasteiger partial charge in [-0.3, -0.25) is 4.79 Å². The van der Waals surface area contributed by atoms with E-state index in [0.717, 1.165) is 11.8 Å². The molecule has 0 bridgehead atoms. The molecule has 0 radical (unpaired) electrons. The number of halogens is 2. The van der Waals surface area contributed by atoms with Gasteiger partial charge in [-0.1, -0.05) is 35.3 Å². The Morgan fingerprint density at radius 1 is 1.15 bits per heavy atom. The molecule has 2 aromatic carbocycles. The van der Waals surface area contributed by atoms with Crippen molar-refractivity contribution in [3.63, 3.8) is 0 Å². The lowest BCUT2D eigenvalue weighted by atomic mass is 10.1. The van der Waals surface area contributed by atoms with Crippen molar-refractivity contribution in [1.29, 1.82) is 0 Å². The van der Waals surface area contributed by atoms with Gasteiger partial charge >= 0.3 is 0 Å². The third-order valence-corrected chi connectivity index (χ3v) is 5.67. The molecule has 0 saturated carbocycles. The second kappa shape index (κ2) is 8.29. The molecular weight excluding hydrogens is 397 g/mol. The molecule has 8 heteroatoms. The zero-order valence-corrected chi connectivity index (χ0v) is 16.9. The molecule has 1 amide bonds. The van der Waals surface area contributed by atoms with Crippen LogP contribution in [0.5, 0.6) is 5.75 Å². The van der Waals surface area contributed by atoms with Gasteiger partial charge in [-0.15, -0.1) is 0 Å². The second-order valence-corrected chi connectivity index (χ2v) is 8.74. The van der Waals surface area contributed by atoms with Crippen molar-refractivity contribution in [2.24, 2.45) is 0 Å².